The van der Waals surface area contributed by atoms with Gasteiger partial charge in [0.05, 0.1) is 22.9 Å². The third-order valence-electron chi connectivity index (χ3n) is 4.50. The summed E-state index contributed by atoms with van der Waals surface area (Å²) in [7, 11) is -2.72. The number of nitrogens with one attached hydrogen (secondary N) is 2. The SMILES string of the molecule is COc1ccc(S(=O)(=O)NC(CCn2c(=O)[nH]c3ccccc3c2=O)C(=O)O)cc1. The van der Waals surface area contributed by atoms with Gasteiger partial charge in [0, 0.05) is 6.54 Å². The second kappa shape index (κ2) is 8.51. The molecule has 0 saturated carbocycles. The minimum Gasteiger partial charge on any atom is -0.497 e. The van der Waals surface area contributed by atoms with Gasteiger partial charge in [-0.3, -0.25) is 14.2 Å². The van der Waals surface area contributed by atoms with Crippen molar-refractivity contribution >= 4 is 26.9 Å². The van der Waals surface area contributed by atoms with Crippen molar-refractivity contribution < 1.29 is 23.1 Å². The third-order valence-corrected chi connectivity index (χ3v) is 5.98. The first-order valence-corrected chi connectivity index (χ1v) is 10.3. The molecule has 0 saturated heterocycles. The minimum atomic E-state index is -4.15. The number of nitrogens with zero attached hydrogens (tertiary/aromatic N) is 1. The van der Waals surface area contributed by atoms with Crippen molar-refractivity contribution in [3.05, 3.63) is 69.4 Å². The van der Waals surface area contributed by atoms with Crippen LogP contribution in [-0.4, -0.2) is 42.2 Å². The summed E-state index contributed by atoms with van der Waals surface area (Å²) in [5, 5.41) is 9.70. The smallest absolute Gasteiger partial charge is 0.328 e. The van der Waals surface area contributed by atoms with E-state index in [0.717, 1.165) is 4.57 Å². The molecule has 0 radical (unpaired) electrons. The van der Waals surface area contributed by atoms with Gasteiger partial charge in [-0.15, -0.1) is 0 Å². The van der Waals surface area contributed by atoms with Crippen LogP contribution in [0.3, 0.4) is 0 Å². The summed E-state index contributed by atoms with van der Waals surface area (Å²) >= 11 is 0. The highest BCUT2D eigenvalue weighted by atomic mass is 32.2. The van der Waals surface area contributed by atoms with Crippen molar-refractivity contribution in [2.75, 3.05) is 7.11 Å². The largest absolute Gasteiger partial charge is 0.497 e. The van der Waals surface area contributed by atoms with Gasteiger partial charge in [0.1, 0.15) is 11.8 Å². The van der Waals surface area contributed by atoms with Crippen molar-refractivity contribution in [2.45, 2.75) is 23.9 Å². The van der Waals surface area contributed by atoms with E-state index >= 15 is 0 Å². The lowest BCUT2D eigenvalue weighted by Crippen LogP contribution is -2.43. The van der Waals surface area contributed by atoms with Gasteiger partial charge in [-0.1, -0.05) is 12.1 Å². The van der Waals surface area contributed by atoms with Gasteiger partial charge in [0.15, 0.2) is 0 Å². The maximum atomic E-state index is 12.5. The first-order valence-electron chi connectivity index (χ1n) is 8.84. The molecular weight excluding hydrogens is 414 g/mol. The highest BCUT2D eigenvalue weighted by Crippen LogP contribution is 2.16. The number of sulfonamides is 1. The molecule has 3 N–H and O–H groups in total. The van der Waals surface area contributed by atoms with Crippen LogP contribution in [0.15, 0.2) is 63.0 Å². The Balaban J connectivity index is 1.83. The molecule has 0 fully saturated rings. The van der Waals surface area contributed by atoms with Gasteiger partial charge < -0.3 is 14.8 Å². The zero-order valence-corrected chi connectivity index (χ0v) is 16.7. The lowest BCUT2D eigenvalue weighted by Gasteiger charge is -2.15. The molecule has 1 unspecified atom stereocenters. The summed E-state index contributed by atoms with van der Waals surface area (Å²) in [5.41, 5.74) is -0.934. The Labute approximate surface area is 170 Å². The quantitative estimate of drug-likeness (QED) is 0.469. The first-order chi connectivity index (χ1) is 14.2. The average molecular weight is 433 g/mol. The van der Waals surface area contributed by atoms with Crippen LogP contribution in [0.1, 0.15) is 6.42 Å². The van der Waals surface area contributed by atoms with Gasteiger partial charge in [-0.2, -0.15) is 4.72 Å². The summed E-state index contributed by atoms with van der Waals surface area (Å²) < 4.78 is 32.9. The minimum absolute atomic E-state index is 0.143. The number of aromatic amines is 1. The molecule has 3 aromatic rings. The molecule has 2 aromatic carbocycles. The van der Waals surface area contributed by atoms with Crippen LogP contribution in [0.4, 0.5) is 0 Å². The Morgan fingerprint density at radius 1 is 1.17 bits per heavy atom. The molecule has 0 amide bonds. The molecule has 1 aromatic heterocycles. The number of ether oxygens (including phenoxy) is 1. The Morgan fingerprint density at radius 2 is 1.83 bits per heavy atom. The summed E-state index contributed by atoms with van der Waals surface area (Å²) in [6.07, 6.45) is -0.313. The Hall–Kier alpha value is -3.44. The molecule has 158 valence electrons. The predicted molar refractivity (Wildman–Crippen MR) is 108 cm³/mol. The molecule has 0 aliphatic heterocycles. The average Bonchev–Trinajstić information content (AvgIpc) is 2.72. The lowest BCUT2D eigenvalue weighted by molar-refractivity contribution is -0.139. The third kappa shape index (κ3) is 4.42. The van der Waals surface area contributed by atoms with E-state index < -0.39 is 33.3 Å². The highest BCUT2D eigenvalue weighted by Gasteiger charge is 2.26. The summed E-state index contributed by atoms with van der Waals surface area (Å²) in [6.45, 7) is -0.291. The van der Waals surface area contributed by atoms with Gasteiger partial charge in [0.2, 0.25) is 10.0 Å². The molecule has 3 rings (SSSR count). The standard InChI is InChI=1S/C19H19N3O7S/c1-29-12-6-8-13(9-7-12)30(27,28)21-16(18(24)25)10-11-22-17(23)14-4-2-3-5-15(14)20-19(22)26/h2-9,16,21H,10-11H2,1H3,(H,20,26)(H,24,25). The number of methoxy groups -OCH3 is 1. The van der Waals surface area contributed by atoms with E-state index in [4.69, 9.17) is 4.74 Å². The van der Waals surface area contributed by atoms with Crippen LogP contribution in [0, 0.1) is 0 Å². The maximum Gasteiger partial charge on any atom is 0.328 e. The molecule has 10 nitrogen and oxygen atoms in total. The van der Waals surface area contributed by atoms with Crippen LogP contribution in [0.25, 0.3) is 10.9 Å². The van der Waals surface area contributed by atoms with Crippen molar-refractivity contribution in [3.63, 3.8) is 0 Å². The number of carbonyl (C=O) groups is 1. The second-order valence-corrected chi connectivity index (χ2v) is 8.12. The molecule has 0 bridgehead atoms. The predicted octanol–water partition coefficient (Wildman–Crippen LogP) is 0.520. The van der Waals surface area contributed by atoms with E-state index in [1.54, 1.807) is 18.2 Å². The first kappa shape index (κ1) is 21.3. The van der Waals surface area contributed by atoms with E-state index in [1.807, 2.05) is 0 Å². The molecule has 0 aliphatic rings. The van der Waals surface area contributed by atoms with Gasteiger partial charge in [-0.05, 0) is 42.8 Å². The number of para-hydroxylation sites is 1. The fraction of sp³-hybridized carbons (Fsp3) is 0.211. The number of fused-ring (bicyclic) bond motifs is 1. The summed E-state index contributed by atoms with van der Waals surface area (Å²) in [5.74, 6) is -0.990. The Kier molecular flexibility index (Phi) is 6.04. The van der Waals surface area contributed by atoms with Crippen molar-refractivity contribution in [3.8, 4) is 5.75 Å². The van der Waals surface area contributed by atoms with E-state index in [1.165, 1.54) is 37.4 Å². The number of carboxylic acids is 1. The number of aliphatic carboxylic acids is 1. The number of H-pyrrole nitrogens is 1. The highest BCUT2D eigenvalue weighted by molar-refractivity contribution is 7.89. The second-order valence-electron chi connectivity index (χ2n) is 6.41. The number of aromatic nitrogens is 2. The topological polar surface area (TPSA) is 148 Å². The number of benzene rings is 2. The number of hydrogen-bond acceptors (Lipinski definition) is 6. The zero-order valence-electron chi connectivity index (χ0n) is 15.9. The summed E-state index contributed by atoms with van der Waals surface area (Å²) in [4.78, 5) is 38.8. The number of rotatable bonds is 8. The Morgan fingerprint density at radius 3 is 2.47 bits per heavy atom. The fourth-order valence-corrected chi connectivity index (χ4v) is 4.13. The van der Waals surface area contributed by atoms with Crippen molar-refractivity contribution in [2.24, 2.45) is 0 Å². The van der Waals surface area contributed by atoms with Crippen LogP contribution in [0.5, 0.6) is 5.75 Å². The fourth-order valence-electron chi connectivity index (χ4n) is 2.90. The maximum absolute atomic E-state index is 12.5. The molecule has 1 atom stereocenters. The number of hydrogen-bond donors (Lipinski definition) is 3. The van der Waals surface area contributed by atoms with Gasteiger partial charge in [-0.25, -0.2) is 13.2 Å². The lowest BCUT2D eigenvalue weighted by atomic mass is 10.2. The van der Waals surface area contributed by atoms with Crippen LogP contribution >= 0.6 is 0 Å². The van der Waals surface area contributed by atoms with Crippen molar-refractivity contribution in [1.82, 2.24) is 14.3 Å². The molecule has 30 heavy (non-hydrogen) atoms. The molecule has 1 heterocycles. The number of carboxylic acid groups (broad SMARTS) is 1. The van der Waals surface area contributed by atoms with E-state index in [9.17, 15) is 27.9 Å². The van der Waals surface area contributed by atoms with Gasteiger partial charge in [0.25, 0.3) is 5.56 Å². The molecule has 11 heteroatoms. The molecular formula is C19H19N3O7S. The zero-order chi connectivity index (χ0) is 21.9. The van der Waals surface area contributed by atoms with Crippen LogP contribution in [0.2, 0.25) is 0 Å². The van der Waals surface area contributed by atoms with Crippen LogP contribution in [-0.2, 0) is 21.4 Å². The van der Waals surface area contributed by atoms with Crippen LogP contribution < -0.4 is 20.7 Å². The normalized spacial score (nSPS) is 12.6. The van der Waals surface area contributed by atoms with E-state index in [2.05, 4.69) is 9.71 Å². The monoisotopic (exact) mass is 433 g/mol. The molecule has 0 spiro atoms. The summed E-state index contributed by atoms with van der Waals surface area (Å²) in [6, 6.07) is 10.3. The van der Waals surface area contributed by atoms with E-state index in [0.29, 0.717) is 11.3 Å². The molecule has 0 aliphatic carbocycles. The Bertz CT molecular complexity index is 1290. The van der Waals surface area contributed by atoms with Crippen molar-refractivity contribution in [1.29, 1.82) is 0 Å². The van der Waals surface area contributed by atoms with E-state index in [-0.39, 0.29) is 23.2 Å². The van der Waals surface area contributed by atoms with Gasteiger partial charge >= 0.3 is 11.7 Å².